The van der Waals surface area contributed by atoms with Crippen LogP contribution < -0.4 is 5.11 Å². The molecule has 3 aromatic rings. The molecule has 0 bridgehead atoms. The van der Waals surface area contributed by atoms with Gasteiger partial charge in [-0.3, -0.25) is 0 Å². The molecule has 0 amide bonds. The van der Waals surface area contributed by atoms with Crippen molar-refractivity contribution in [2.75, 3.05) is 0 Å². The van der Waals surface area contributed by atoms with Crippen LogP contribution in [-0.4, -0.2) is 58.1 Å². The van der Waals surface area contributed by atoms with Crippen LogP contribution in [0.15, 0.2) is 51.1 Å². The van der Waals surface area contributed by atoms with Crippen molar-refractivity contribution in [3.05, 3.63) is 36.4 Å². The summed E-state index contributed by atoms with van der Waals surface area (Å²) in [7, 11) is -1.94. The van der Waals surface area contributed by atoms with Crippen LogP contribution in [0.3, 0.4) is 0 Å². The summed E-state index contributed by atoms with van der Waals surface area (Å²) < 4.78 is 31.5. The zero-order valence-electron chi connectivity index (χ0n) is 16.8. The van der Waals surface area contributed by atoms with Crippen molar-refractivity contribution < 1.29 is 69.0 Å². The summed E-state index contributed by atoms with van der Waals surface area (Å²) in [6.45, 7) is 0. The fraction of sp³-hybridized carbons (Fsp3) is 0.0500. The Bertz CT molecular complexity index is 1070. The van der Waals surface area contributed by atoms with Crippen molar-refractivity contribution in [3.63, 3.8) is 0 Å². The minimum absolute atomic E-state index is 0.356. The van der Waals surface area contributed by atoms with E-state index in [0.29, 0.717) is 0 Å². The molecule has 0 heterocycles. The van der Waals surface area contributed by atoms with E-state index in [1.807, 2.05) is 0 Å². The standard InChI is InChI=1S/C18H14O9S.C2HF3O2/c19-7-1-10(22)16(11(23)2-7)28(17-12(24)3-8(20)4-13(17)25)18-14(26)5-9(21)6-15(18)27;3-2(4,5)1(6)7/h1-6H,(H8-,19,20,21,22,23,24,25,26,27);(H,6,7). The SMILES string of the molecule is O=C([O-])C(F)(F)F.Oc1cc(O)c([S+](c2c(O)cc(O)cc2O)c2c(O)cc(O)cc2O)c(O)c1. The number of phenolic OH excluding ortho intramolecular Hbond substituents is 9. The van der Waals surface area contributed by atoms with E-state index in [4.69, 9.17) is 9.90 Å². The van der Waals surface area contributed by atoms with Crippen molar-refractivity contribution in [3.8, 4) is 51.7 Å². The summed E-state index contributed by atoms with van der Waals surface area (Å²) in [6.07, 6.45) is -5.19. The Labute approximate surface area is 195 Å². The van der Waals surface area contributed by atoms with Gasteiger partial charge in [-0.25, -0.2) is 0 Å². The summed E-state index contributed by atoms with van der Waals surface area (Å²) >= 11 is 0. The number of aliphatic carboxylic acids is 1. The molecule has 3 aromatic carbocycles. The van der Waals surface area contributed by atoms with Crippen LogP contribution in [0.25, 0.3) is 0 Å². The Hall–Kier alpha value is -4.53. The van der Waals surface area contributed by atoms with Crippen LogP contribution >= 0.6 is 0 Å². The molecule has 0 aliphatic rings. The van der Waals surface area contributed by atoms with Crippen molar-refractivity contribution in [2.45, 2.75) is 20.9 Å². The predicted octanol–water partition coefficient (Wildman–Crippen LogP) is 1.43. The highest BCUT2D eigenvalue weighted by atomic mass is 32.2. The first-order chi connectivity index (χ1) is 16.0. The Morgan fingerprint density at radius 1 is 0.571 bits per heavy atom. The van der Waals surface area contributed by atoms with Gasteiger partial charge in [-0.2, -0.15) is 13.2 Å². The first-order valence-corrected chi connectivity index (χ1v) is 10.0. The second-order valence-corrected chi connectivity index (χ2v) is 8.37. The molecule has 15 heteroatoms. The lowest BCUT2D eigenvalue weighted by molar-refractivity contribution is -0.344. The molecule has 0 fully saturated rings. The Kier molecular flexibility index (Phi) is 7.45. The Balaban J connectivity index is 0.000000540. The lowest BCUT2D eigenvalue weighted by Gasteiger charge is -2.15. The van der Waals surface area contributed by atoms with Crippen LogP contribution in [0.5, 0.6) is 51.7 Å². The quantitative estimate of drug-likeness (QED) is 0.225. The lowest BCUT2D eigenvalue weighted by Crippen LogP contribution is -2.37. The minimum atomic E-state index is -5.19. The van der Waals surface area contributed by atoms with Gasteiger partial charge in [0.25, 0.3) is 0 Å². The highest BCUT2D eigenvalue weighted by Gasteiger charge is 2.44. The third-order valence-electron chi connectivity index (χ3n) is 3.95. The van der Waals surface area contributed by atoms with Gasteiger partial charge in [0.05, 0.1) is 0 Å². The molecule has 0 aliphatic heterocycles. The third-order valence-corrected chi connectivity index (χ3v) is 6.43. The van der Waals surface area contributed by atoms with Gasteiger partial charge in [-0.1, -0.05) is 0 Å². The number of aromatic hydroxyl groups is 9. The van der Waals surface area contributed by atoms with E-state index >= 15 is 0 Å². The first-order valence-electron chi connectivity index (χ1n) is 8.81. The van der Waals surface area contributed by atoms with Crippen molar-refractivity contribution in [1.82, 2.24) is 0 Å². The maximum atomic E-state index is 10.5. The first kappa shape index (κ1) is 26.7. The number of carboxylic acids is 1. The Morgan fingerprint density at radius 2 is 0.743 bits per heavy atom. The van der Waals surface area contributed by atoms with E-state index in [1.54, 1.807) is 0 Å². The van der Waals surface area contributed by atoms with E-state index in [1.165, 1.54) is 0 Å². The van der Waals surface area contributed by atoms with Gasteiger partial charge in [0.2, 0.25) is 14.7 Å². The third kappa shape index (κ3) is 5.89. The molecule has 35 heavy (non-hydrogen) atoms. The maximum Gasteiger partial charge on any atom is 0.430 e. The Morgan fingerprint density at radius 3 is 0.886 bits per heavy atom. The van der Waals surface area contributed by atoms with E-state index in [0.717, 1.165) is 36.4 Å². The molecule has 9 N–H and O–H groups in total. The topological polar surface area (TPSA) is 222 Å². The van der Waals surface area contributed by atoms with Gasteiger partial charge < -0.3 is 55.9 Å². The fourth-order valence-electron chi connectivity index (χ4n) is 2.69. The number of alkyl halides is 3. The summed E-state index contributed by atoms with van der Waals surface area (Å²) in [4.78, 5) is 7.72. The molecule has 0 spiro atoms. The molecule has 0 saturated heterocycles. The van der Waals surface area contributed by atoms with Gasteiger partial charge in [-0.15, -0.1) is 0 Å². The van der Waals surface area contributed by atoms with E-state index in [-0.39, 0.29) is 14.7 Å². The van der Waals surface area contributed by atoms with E-state index in [9.17, 15) is 59.1 Å². The highest BCUT2D eigenvalue weighted by Crippen LogP contribution is 2.53. The molecule has 0 atom stereocenters. The van der Waals surface area contributed by atoms with Gasteiger partial charge >= 0.3 is 6.18 Å². The van der Waals surface area contributed by atoms with Crippen LogP contribution in [0.4, 0.5) is 13.2 Å². The van der Waals surface area contributed by atoms with Crippen LogP contribution in [0, 0.1) is 0 Å². The zero-order valence-corrected chi connectivity index (χ0v) is 17.7. The van der Waals surface area contributed by atoms with E-state index < -0.39 is 74.8 Å². The number of hydrogen-bond donors (Lipinski definition) is 9. The predicted molar refractivity (Wildman–Crippen MR) is 108 cm³/mol. The number of hydrogen-bond acceptors (Lipinski definition) is 11. The second kappa shape index (κ2) is 9.76. The second-order valence-electron chi connectivity index (χ2n) is 6.53. The van der Waals surface area contributed by atoms with Crippen molar-refractivity contribution in [2.24, 2.45) is 0 Å². The highest BCUT2D eigenvalue weighted by molar-refractivity contribution is 7.97. The number of halogens is 3. The van der Waals surface area contributed by atoms with Gasteiger partial charge in [0, 0.05) is 36.4 Å². The molecular weight excluding hydrogens is 505 g/mol. The summed E-state index contributed by atoms with van der Waals surface area (Å²) in [5, 5.41) is 99.2. The number of carbonyl (C=O) groups is 1. The van der Waals surface area contributed by atoms with Crippen LogP contribution in [0.2, 0.25) is 0 Å². The average molecular weight is 520 g/mol. The largest absolute Gasteiger partial charge is 0.542 e. The zero-order chi connectivity index (χ0) is 26.8. The van der Waals surface area contributed by atoms with Gasteiger partial charge in [0.15, 0.2) is 34.5 Å². The molecule has 0 saturated carbocycles. The number of carboxylic acid groups (broad SMARTS) is 1. The molecular formula is C20H15F3O11S. The molecule has 0 radical (unpaired) electrons. The number of rotatable bonds is 3. The number of benzene rings is 3. The number of carbonyl (C=O) groups excluding carboxylic acids is 1. The van der Waals surface area contributed by atoms with Crippen LogP contribution in [-0.2, 0) is 15.7 Å². The van der Waals surface area contributed by atoms with Gasteiger partial charge in [-0.05, 0) is 0 Å². The fourth-order valence-corrected chi connectivity index (χ4v) is 4.91. The average Bonchev–Trinajstić information content (AvgIpc) is 2.65. The molecule has 0 aliphatic carbocycles. The molecule has 188 valence electrons. The molecule has 0 aromatic heterocycles. The molecule has 3 rings (SSSR count). The summed E-state index contributed by atoms with van der Waals surface area (Å²) in [6, 6.07) is 5.24. The van der Waals surface area contributed by atoms with Crippen LogP contribution in [0.1, 0.15) is 0 Å². The molecule has 0 unspecified atom stereocenters. The van der Waals surface area contributed by atoms with Gasteiger partial charge in [0.1, 0.15) is 34.1 Å². The summed E-state index contributed by atoms with van der Waals surface area (Å²) in [5.74, 6) is -8.47. The maximum absolute atomic E-state index is 10.5. The van der Waals surface area contributed by atoms with E-state index in [2.05, 4.69) is 0 Å². The monoisotopic (exact) mass is 520 g/mol. The molecule has 11 nitrogen and oxygen atoms in total. The normalized spacial score (nSPS) is 11.1. The summed E-state index contributed by atoms with van der Waals surface area (Å²) in [5.41, 5.74) is 0. The lowest BCUT2D eigenvalue weighted by atomic mass is 10.3. The van der Waals surface area contributed by atoms with Crippen molar-refractivity contribution in [1.29, 1.82) is 0 Å². The number of phenols is 9. The van der Waals surface area contributed by atoms with Crippen molar-refractivity contribution >= 4 is 16.9 Å². The smallest absolute Gasteiger partial charge is 0.430 e. The minimum Gasteiger partial charge on any atom is -0.542 e.